The standard InChI is InChI=1S/C16H24ClN3O3/c1-3-21-7-6-20-16(18-2)19-5-4-12-10-13(17)15-14(11-12)22-8-9-23-15/h10-11H,3-9H2,1-2H3,(H2,18,19,20). The lowest BCUT2D eigenvalue weighted by molar-refractivity contribution is 0.152. The lowest BCUT2D eigenvalue weighted by atomic mass is 10.1. The number of halogens is 1. The van der Waals surface area contributed by atoms with Gasteiger partial charge in [0.1, 0.15) is 13.2 Å². The minimum absolute atomic E-state index is 0.539. The number of benzene rings is 1. The predicted molar refractivity (Wildman–Crippen MR) is 92.0 cm³/mol. The average Bonchev–Trinajstić information content (AvgIpc) is 2.57. The Morgan fingerprint density at radius 3 is 2.83 bits per heavy atom. The van der Waals surface area contributed by atoms with Gasteiger partial charge in [0.15, 0.2) is 17.5 Å². The average molecular weight is 342 g/mol. The maximum atomic E-state index is 6.24. The smallest absolute Gasteiger partial charge is 0.191 e. The van der Waals surface area contributed by atoms with Gasteiger partial charge in [-0.05, 0) is 31.0 Å². The van der Waals surface area contributed by atoms with Crippen LogP contribution >= 0.6 is 11.6 Å². The Morgan fingerprint density at radius 2 is 2.04 bits per heavy atom. The summed E-state index contributed by atoms with van der Waals surface area (Å²) in [5.41, 5.74) is 1.09. The van der Waals surface area contributed by atoms with E-state index in [1.807, 2.05) is 19.1 Å². The zero-order valence-corrected chi connectivity index (χ0v) is 14.4. The summed E-state index contributed by atoms with van der Waals surface area (Å²) in [6.45, 7) is 5.92. The van der Waals surface area contributed by atoms with Gasteiger partial charge >= 0.3 is 0 Å². The quantitative estimate of drug-likeness (QED) is 0.450. The summed E-state index contributed by atoms with van der Waals surface area (Å²) in [7, 11) is 1.75. The molecule has 0 radical (unpaired) electrons. The molecule has 0 bridgehead atoms. The number of guanidine groups is 1. The van der Waals surface area contributed by atoms with Gasteiger partial charge in [0, 0.05) is 26.7 Å². The normalized spacial score (nSPS) is 13.8. The van der Waals surface area contributed by atoms with Crippen molar-refractivity contribution < 1.29 is 14.2 Å². The van der Waals surface area contributed by atoms with Crippen molar-refractivity contribution in [3.8, 4) is 11.5 Å². The van der Waals surface area contributed by atoms with Crippen molar-refractivity contribution in [2.24, 2.45) is 4.99 Å². The van der Waals surface area contributed by atoms with Gasteiger partial charge in [-0.15, -0.1) is 0 Å². The summed E-state index contributed by atoms with van der Waals surface area (Å²) in [4.78, 5) is 4.17. The molecule has 7 heteroatoms. The van der Waals surface area contributed by atoms with Crippen LogP contribution in [-0.2, 0) is 11.2 Å². The van der Waals surface area contributed by atoms with Crippen LogP contribution in [0.5, 0.6) is 11.5 Å². The van der Waals surface area contributed by atoms with Crippen LogP contribution in [0.3, 0.4) is 0 Å². The molecule has 0 spiro atoms. The van der Waals surface area contributed by atoms with E-state index in [-0.39, 0.29) is 0 Å². The summed E-state index contributed by atoms with van der Waals surface area (Å²) in [6, 6.07) is 3.90. The molecule has 2 rings (SSSR count). The van der Waals surface area contributed by atoms with Gasteiger partial charge in [0.2, 0.25) is 0 Å². The van der Waals surface area contributed by atoms with Crippen LogP contribution in [0.2, 0.25) is 5.02 Å². The van der Waals surface area contributed by atoms with Crippen molar-refractivity contribution >= 4 is 17.6 Å². The highest BCUT2D eigenvalue weighted by molar-refractivity contribution is 6.32. The van der Waals surface area contributed by atoms with Gasteiger partial charge in [-0.2, -0.15) is 0 Å². The first-order valence-corrected chi connectivity index (χ1v) is 8.22. The molecule has 6 nitrogen and oxygen atoms in total. The highest BCUT2D eigenvalue weighted by Gasteiger charge is 2.16. The van der Waals surface area contributed by atoms with Gasteiger partial charge < -0.3 is 24.8 Å². The van der Waals surface area contributed by atoms with Crippen LogP contribution in [0.15, 0.2) is 17.1 Å². The highest BCUT2D eigenvalue weighted by Crippen LogP contribution is 2.38. The van der Waals surface area contributed by atoms with E-state index in [1.54, 1.807) is 7.05 Å². The Labute approximate surface area is 142 Å². The van der Waals surface area contributed by atoms with E-state index in [2.05, 4.69) is 15.6 Å². The van der Waals surface area contributed by atoms with Crippen molar-refractivity contribution in [3.63, 3.8) is 0 Å². The molecule has 1 aromatic rings. The minimum atomic E-state index is 0.539. The van der Waals surface area contributed by atoms with Crippen LogP contribution in [0, 0.1) is 0 Å². The molecular weight excluding hydrogens is 318 g/mol. The molecule has 0 saturated heterocycles. The Bertz CT molecular complexity index is 538. The number of nitrogens with one attached hydrogen (secondary N) is 2. The fourth-order valence-electron chi connectivity index (χ4n) is 2.24. The number of hydrogen-bond acceptors (Lipinski definition) is 4. The fourth-order valence-corrected chi connectivity index (χ4v) is 2.53. The number of aliphatic imine (C=N–C) groups is 1. The second-order valence-corrected chi connectivity index (χ2v) is 5.38. The van der Waals surface area contributed by atoms with E-state index in [9.17, 15) is 0 Å². The molecule has 2 N–H and O–H groups in total. The van der Waals surface area contributed by atoms with E-state index in [1.165, 1.54) is 0 Å². The van der Waals surface area contributed by atoms with Crippen LogP contribution in [0.25, 0.3) is 0 Å². The van der Waals surface area contributed by atoms with Crippen LogP contribution in [-0.4, -0.2) is 52.5 Å². The topological polar surface area (TPSA) is 64.1 Å². The number of hydrogen-bond donors (Lipinski definition) is 2. The zero-order valence-electron chi connectivity index (χ0n) is 13.7. The second-order valence-electron chi connectivity index (χ2n) is 4.97. The maximum absolute atomic E-state index is 6.24. The van der Waals surface area contributed by atoms with E-state index >= 15 is 0 Å². The summed E-state index contributed by atoms with van der Waals surface area (Å²) < 4.78 is 16.4. The number of ether oxygens (including phenoxy) is 3. The highest BCUT2D eigenvalue weighted by atomic mass is 35.5. The number of nitrogens with zero attached hydrogens (tertiary/aromatic N) is 1. The molecule has 23 heavy (non-hydrogen) atoms. The third-order valence-corrected chi connectivity index (χ3v) is 3.61. The van der Waals surface area contributed by atoms with E-state index in [0.29, 0.717) is 30.6 Å². The van der Waals surface area contributed by atoms with Crippen molar-refractivity contribution in [2.75, 3.05) is 46.6 Å². The molecule has 0 aromatic heterocycles. The maximum Gasteiger partial charge on any atom is 0.191 e. The molecule has 1 aromatic carbocycles. The van der Waals surface area contributed by atoms with Gasteiger partial charge in [-0.1, -0.05) is 11.6 Å². The number of fused-ring (bicyclic) bond motifs is 1. The Kier molecular flexibility index (Phi) is 7.29. The lowest BCUT2D eigenvalue weighted by Crippen LogP contribution is -2.39. The molecule has 0 aliphatic carbocycles. The molecule has 1 aliphatic heterocycles. The van der Waals surface area contributed by atoms with Gasteiger partial charge in [0.25, 0.3) is 0 Å². The van der Waals surface area contributed by atoms with Crippen LogP contribution < -0.4 is 20.1 Å². The predicted octanol–water partition coefficient (Wildman–Crippen LogP) is 1.86. The minimum Gasteiger partial charge on any atom is -0.486 e. The third-order valence-electron chi connectivity index (χ3n) is 3.33. The first kappa shape index (κ1) is 17.7. The molecule has 0 amide bonds. The van der Waals surface area contributed by atoms with Crippen molar-refractivity contribution in [1.82, 2.24) is 10.6 Å². The van der Waals surface area contributed by atoms with Gasteiger partial charge in [-0.3, -0.25) is 4.99 Å². The van der Waals surface area contributed by atoms with Crippen molar-refractivity contribution in [2.45, 2.75) is 13.3 Å². The summed E-state index contributed by atoms with van der Waals surface area (Å²) in [5.74, 6) is 2.12. The molecular formula is C16H24ClN3O3. The lowest BCUT2D eigenvalue weighted by Gasteiger charge is -2.20. The fraction of sp³-hybridized carbons (Fsp3) is 0.562. The van der Waals surface area contributed by atoms with Crippen molar-refractivity contribution in [1.29, 1.82) is 0 Å². The summed E-state index contributed by atoms with van der Waals surface area (Å²) >= 11 is 6.24. The van der Waals surface area contributed by atoms with Crippen LogP contribution in [0.1, 0.15) is 12.5 Å². The SMILES string of the molecule is CCOCCNC(=NC)NCCc1cc(Cl)c2c(c1)OCCO2. The van der Waals surface area contributed by atoms with Gasteiger partial charge in [-0.25, -0.2) is 0 Å². The molecule has 0 unspecified atom stereocenters. The Morgan fingerprint density at radius 1 is 1.26 bits per heavy atom. The molecule has 1 heterocycles. The summed E-state index contributed by atoms with van der Waals surface area (Å²) in [5, 5.41) is 7.05. The largest absolute Gasteiger partial charge is 0.486 e. The first-order chi connectivity index (χ1) is 11.2. The van der Waals surface area contributed by atoms with Crippen LogP contribution in [0.4, 0.5) is 0 Å². The van der Waals surface area contributed by atoms with Gasteiger partial charge in [0.05, 0.1) is 11.6 Å². The third kappa shape index (κ3) is 5.48. The zero-order chi connectivity index (χ0) is 16.5. The van der Waals surface area contributed by atoms with Crippen molar-refractivity contribution in [3.05, 3.63) is 22.7 Å². The number of rotatable bonds is 7. The van der Waals surface area contributed by atoms with E-state index in [0.717, 1.165) is 43.4 Å². The molecule has 128 valence electrons. The Balaban J connectivity index is 1.80. The Hall–Kier alpha value is -1.66. The molecule has 0 atom stereocenters. The van der Waals surface area contributed by atoms with E-state index in [4.69, 9.17) is 25.8 Å². The molecule has 0 saturated carbocycles. The molecule has 0 fully saturated rings. The monoisotopic (exact) mass is 341 g/mol. The first-order valence-electron chi connectivity index (χ1n) is 7.85. The summed E-state index contributed by atoms with van der Waals surface area (Å²) in [6.07, 6.45) is 0.808. The molecule has 1 aliphatic rings. The second kappa shape index (κ2) is 9.47. The van der Waals surface area contributed by atoms with E-state index < -0.39 is 0 Å².